The molecule has 0 radical (unpaired) electrons. The van der Waals surface area contributed by atoms with Gasteiger partial charge in [0, 0.05) is 57.9 Å². The van der Waals surface area contributed by atoms with E-state index in [1.807, 2.05) is 110 Å². The van der Waals surface area contributed by atoms with Crippen molar-refractivity contribution in [3.8, 4) is 11.4 Å². The lowest BCUT2D eigenvalue weighted by Crippen LogP contribution is -2.06. The van der Waals surface area contributed by atoms with E-state index in [0.717, 1.165) is 105 Å². The van der Waals surface area contributed by atoms with Crippen LogP contribution < -0.4 is 11.8 Å². The van der Waals surface area contributed by atoms with Crippen LogP contribution in [0.15, 0.2) is 167 Å². The van der Waals surface area contributed by atoms with Crippen molar-refractivity contribution in [3.63, 3.8) is 0 Å². The van der Waals surface area contributed by atoms with Crippen LogP contribution in [0.25, 0.3) is 55.0 Å². The van der Waals surface area contributed by atoms with Gasteiger partial charge in [-0.15, -0.1) is 22.7 Å². The molecule has 0 atom stereocenters. The molecule has 4 aromatic heterocycles. The average molecular weight is 1140 g/mol. The van der Waals surface area contributed by atoms with Gasteiger partial charge in [-0.05, 0) is 182 Å². The number of fused-ring (bicyclic) bond motifs is 6. The van der Waals surface area contributed by atoms with E-state index < -0.39 is 11.9 Å². The largest absolute Gasteiger partial charge is 0.331 e. The van der Waals surface area contributed by atoms with E-state index in [1.54, 1.807) is 0 Å². The highest BCUT2D eigenvalue weighted by Gasteiger charge is 2.20. The Bertz CT molecular complexity index is 3620. The van der Waals surface area contributed by atoms with Gasteiger partial charge < -0.3 is 28.5 Å². The topological polar surface area (TPSA) is 192 Å². The number of carbonyl (C=O) groups excluding carboxylic acids is 4. The molecule has 4 N–H and O–H groups in total. The van der Waals surface area contributed by atoms with Crippen LogP contribution in [-0.2, 0) is 41.8 Å². The van der Waals surface area contributed by atoms with Gasteiger partial charge in [0.15, 0.2) is 0 Å². The number of aryl methyl sites for hydroxylation is 2. The van der Waals surface area contributed by atoms with Gasteiger partial charge in [0.25, 0.3) is 0 Å². The molecule has 16 heteroatoms. The minimum atomic E-state index is -0.488. The molecule has 0 aliphatic rings. The standard InChI is InChI=1S/C62H54N4O6S2.2C2H7NO/c1-5-41-17-29-55-49(35-41)51-37-45(61(69)59-15-11-33-73-59)23-31-57(51)65(55)47-25-19-43(20-26-47)53(63-71-39(3)67)13-9-7-8-10-14-54(64-72-40(4)68)44-21-27-48(28-22-44)66-56-30-18-42(6-2)36-50(56)52-38-46(24-32-58(52)66)62(70)60-16-12-34-74-60;2*1-2-4-3/h11-12,15-38H,5-10,13-14H2,1-4H3;2*2-3H2,1H3/b63-53-,64-54+;;. The van der Waals surface area contributed by atoms with Gasteiger partial charge in [-0.25, -0.2) is 21.4 Å². The molecule has 0 aliphatic carbocycles. The van der Waals surface area contributed by atoms with Crippen molar-refractivity contribution in [2.75, 3.05) is 13.2 Å². The van der Waals surface area contributed by atoms with Crippen molar-refractivity contribution in [3.05, 3.63) is 199 Å². The number of hydrogen-bond acceptors (Lipinski definition) is 14. The van der Waals surface area contributed by atoms with Crippen molar-refractivity contribution in [2.45, 2.75) is 92.9 Å². The normalized spacial score (nSPS) is 11.6. The van der Waals surface area contributed by atoms with Gasteiger partial charge in [-0.1, -0.05) is 85.5 Å². The summed E-state index contributed by atoms with van der Waals surface area (Å²) in [7, 11) is 0. The second-order valence-corrected chi connectivity index (χ2v) is 21.2. The molecule has 10 aromatic rings. The Balaban J connectivity index is 0.00000103. The van der Waals surface area contributed by atoms with Crippen molar-refractivity contribution >= 4 is 101 Å². The van der Waals surface area contributed by atoms with Crippen LogP contribution in [0.1, 0.15) is 133 Å². The number of carbonyl (C=O) groups is 4. The second kappa shape index (κ2) is 29.0. The molecule has 422 valence electrons. The van der Waals surface area contributed by atoms with Crippen molar-refractivity contribution in [1.29, 1.82) is 0 Å². The van der Waals surface area contributed by atoms with Gasteiger partial charge in [0.2, 0.25) is 11.6 Å². The highest BCUT2D eigenvalue weighted by atomic mass is 32.1. The van der Waals surface area contributed by atoms with Crippen LogP contribution in [0.5, 0.6) is 0 Å². The molecule has 0 aliphatic heterocycles. The summed E-state index contributed by atoms with van der Waals surface area (Å²) >= 11 is 2.89. The van der Waals surface area contributed by atoms with E-state index in [4.69, 9.17) is 9.68 Å². The number of nitrogens with zero attached hydrogens (tertiary/aromatic N) is 4. The first-order chi connectivity index (χ1) is 39.9. The van der Waals surface area contributed by atoms with Gasteiger partial charge >= 0.3 is 11.9 Å². The van der Waals surface area contributed by atoms with Gasteiger partial charge in [0.05, 0.1) is 56.5 Å². The average Bonchev–Trinajstić information content (AvgIpc) is 4.30. The van der Waals surface area contributed by atoms with Gasteiger partial charge in [-0.2, -0.15) is 0 Å². The number of hydrogen-bond donors (Lipinski definition) is 2. The fourth-order valence-corrected chi connectivity index (χ4v) is 11.2. The Morgan fingerprint density at radius 3 is 1.11 bits per heavy atom. The lowest BCUT2D eigenvalue weighted by atomic mass is 10.0. The highest BCUT2D eigenvalue weighted by molar-refractivity contribution is 7.12. The molecule has 0 fully saturated rings. The monoisotopic (exact) mass is 1140 g/mol. The number of oxime groups is 2. The molecule has 14 nitrogen and oxygen atoms in total. The van der Waals surface area contributed by atoms with Crippen molar-refractivity contribution in [2.24, 2.45) is 22.1 Å². The quantitative estimate of drug-likeness (QED) is 0.0230. The van der Waals surface area contributed by atoms with E-state index in [9.17, 15) is 19.2 Å². The summed E-state index contributed by atoms with van der Waals surface area (Å²) in [5, 5.41) is 16.7. The van der Waals surface area contributed by atoms with Crippen molar-refractivity contribution < 1.29 is 38.5 Å². The fourth-order valence-electron chi connectivity index (χ4n) is 9.79. The summed E-state index contributed by atoms with van der Waals surface area (Å²) in [6, 6.07) is 48.8. The third-order valence-corrected chi connectivity index (χ3v) is 15.6. The second-order valence-electron chi connectivity index (χ2n) is 19.3. The number of benzene rings is 6. The van der Waals surface area contributed by atoms with E-state index in [1.165, 1.54) is 47.6 Å². The Morgan fingerprint density at radius 1 is 0.451 bits per heavy atom. The summed E-state index contributed by atoms with van der Waals surface area (Å²) in [5.74, 6) is 8.11. The Kier molecular flexibility index (Phi) is 21.2. The summed E-state index contributed by atoms with van der Waals surface area (Å²) < 4.78 is 4.45. The number of thiophene rings is 2. The predicted molar refractivity (Wildman–Crippen MR) is 332 cm³/mol. The molecule has 0 unspecified atom stereocenters. The minimum absolute atomic E-state index is 0.0156. The van der Waals surface area contributed by atoms with Gasteiger partial charge in [-0.3, -0.25) is 9.59 Å². The van der Waals surface area contributed by atoms with E-state index in [-0.39, 0.29) is 11.6 Å². The third kappa shape index (κ3) is 14.3. The first-order valence-electron chi connectivity index (χ1n) is 27.6. The zero-order valence-electron chi connectivity index (χ0n) is 47.1. The molecule has 0 amide bonds. The Labute approximate surface area is 485 Å². The molecule has 6 aromatic carbocycles. The Morgan fingerprint density at radius 2 is 0.793 bits per heavy atom. The van der Waals surface area contributed by atoms with Crippen LogP contribution >= 0.6 is 22.7 Å². The maximum atomic E-state index is 13.4. The first-order valence-corrected chi connectivity index (χ1v) is 29.3. The summed E-state index contributed by atoms with van der Waals surface area (Å²) in [6.07, 6.45) is 6.33. The molecule has 0 bridgehead atoms. The maximum Gasteiger partial charge on any atom is 0.331 e. The smallest absolute Gasteiger partial charge is 0.318 e. The van der Waals surface area contributed by atoms with Crippen LogP contribution in [0.4, 0.5) is 0 Å². The zero-order chi connectivity index (χ0) is 58.1. The Hall–Kier alpha value is -8.22. The number of aromatic nitrogens is 2. The van der Waals surface area contributed by atoms with Crippen molar-refractivity contribution in [1.82, 2.24) is 9.13 Å². The summed E-state index contributed by atoms with van der Waals surface area (Å²) in [5.41, 5.74) is 12.8. The molecule has 82 heavy (non-hydrogen) atoms. The summed E-state index contributed by atoms with van der Waals surface area (Å²) in [6.45, 7) is 11.8. The number of nitrogens with two attached hydrogens (primary N) is 2. The van der Waals surface area contributed by atoms with Crippen LogP contribution in [0.2, 0.25) is 0 Å². The van der Waals surface area contributed by atoms with E-state index in [2.05, 4.69) is 115 Å². The summed E-state index contributed by atoms with van der Waals surface area (Å²) in [4.78, 5) is 70.7. The molecule has 10 rings (SSSR count). The fraction of sp³-hybridized carbons (Fsp3) is 0.242. The van der Waals surface area contributed by atoms with E-state index >= 15 is 0 Å². The SMILES string of the molecule is CCON.CCON.CCc1ccc2c(c1)c1cc(C(=O)c3cccs3)ccc1n2-c1ccc(/C(CCCCCC/C(=N\OC(C)=O)c2ccc(-n3c4ccc(CC)cc4c4cc(C(=O)c5cccs5)ccc43)cc2)=N\OC(C)=O)cc1. The maximum absolute atomic E-state index is 13.4. The number of rotatable bonds is 21. The van der Waals surface area contributed by atoms with Gasteiger partial charge in [0.1, 0.15) is 0 Å². The van der Waals surface area contributed by atoms with Crippen LogP contribution in [0, 0.1) is 0 Å². The molecule has 0 saturated carbocycles. The first kappa shape index (κ1) is 59.9. The molecular formula is C66H68N6O8S2. The van der Waals surface area contributed by atoms with E-state index in [0.29, 0.717) is 58.4 Å². The zero-order valence-corrected chi connectivity index (χ0v) is 48.7. The molecule has 4 heterocycles. The lowest BCUT2D eigenvalue weighted by molar-refractivity contribution is -0.141. The number of ketones is 2. The molecule has 0 spiro atoms. The predicted octanol–water partition coefficient (Wildman–Crippen LogP) is 15.0. The van der Waals surface area contributed by atoms with Crippen LogP contribution in [-0.4, -0.2) is 57.3 Å². The molecule has 0 saturated heterocycles. The lowest BCUT2D eigenvalue weighted by Gasteiger charge is -2.12. The highest BCUT2D eigenvalue weighted by Crippen LogP contribution is 2.36. The molecular weight excluding hydrogens is 1070 g/mol. The number of unbranched alkanes of at least 4 members (excludes halogenated alkanes) is 3. The minimum Gasteiger partial charge on any atom is -0.318 e. The third-order valence-electron chi connectivity index (χ3n) is 13.9. The van der Waals surface area contributed by atoms with Crippen LogP contribution in [0.3, 0.4) is 0 Å².